The molecule has 1 unspecified atom stereocenters. The molecule has 154 valence electrons. The zero-order valence-corrected chi connectivity index (χ0v) is 17.3. The van der Waals surface area contributed by atoms with Crippen LogP contribution in [0.4, 0.5) is 0 Å². The second kappa shape index (κ2) is 7.54. The van der Waals surface area contributed by atoms with Gasteiger partial charge in [-0.2, -0.15) is 5.10 Å². The third-order valence-corrected chi connectivity index (χ3v) is 5.84. The molecule has 29 heavy (non-hydrogen) atoms. The molecule has 1 saturated heterocycles. The molecular weight excluding hydrogens is 368 g/mol. The number of benzene rings is 1. The molecule has 2 heterocycles. The van der Waals surface area contributed by atoms with Gasteiger partial charge in [-0.1, -0.05) is 13.8 Å². The lowest BCUT2D eigenvalue weighted by atomic mass is 9.74. The van der Waals surface area contributed by atoms with E-state index in [1.165, 1.54) is 0 Å². The molecule has 7 nitrogen and oxygen atoms in total. The van der Waals surface area contributed by atoms with Crippen LogP contribution < -0.4 is 10.1 Å². The van der Waals surface area contributed by atoms with Crippen LogP contribution in [0.1, 0.15) is 50.4 Å². The van der Waals surface area contributed by atoms with E-state index < -0.39 is 0 Å². The molecule has 1 aliphatic carbocycles. The van der Waals surface area contributed by atoms with Gasteiger partial charge in [-0.3, -0.25) is 9.59 Å². The monoisotopic (exact) mass is 396 g/mol. The van der Waals surface area contributed by atoms with Gasteiger partial charge in [-0.15, -0.1) is 0 Å². The second-order valence-corrected chi connectivity index (χ2v) is 8.74. The summed E-state index contributed by atoms with van der Waals surface area (Å²) in [5.74, 6) is 0.764. The van der Waals surface area contributed by atoms with Crippen LogP contribution >= 0.6 is 0 Å². The summed E-state index contributed by atoms with van der Waals surface area (Å²) in [5.41, 5.74) is 3.17. The Hall–Kier alpha value is -2.83. The van der Waals surface area contributed by atoms with Gasteiger partial charge in [-0.05, 0) is 48.9 Å². The van der Waals surface area contributed by atoms with Crippen molar-refractivity contribution in [1.29, 1.82) is 0 Å². The van der Waals surface area contributed by atoms with E-state index in [0.717, 1.165) is 42.0 Å². The molecule has 2 aromatic rings. The highest BCUT2D eigenvalue weighted by molar-refractivity contribution is 5.86. The summed E-state index contributed by atoms with van der Waals surface area (Å²) in [6.07, 6.45) is 4.96. The van der Waals surface area contributed by atoms with Crippen molar-refractivity contribution in [3.8, 4) is 11.4 Å². The van der Waals surface area contributed by atoms with Crippen LogP contribution in [0, 0.1) is 5.41 Å². The quantitative estimate of drug-likeness (QED) is 0.843. The molecule has 1 aromatic carbocycles. The fourth-order valence-corrected chi connectivity index (χ4v) is 4.40. The zero-order valence-electron chi connectivity index (χ0n) is 17.3. The topological polar surface area (TPSA) is 76.5 Å². The summed E-state index contributed by atoms with van der Waals surface area (Å²) in [5, 5.41) is 7.78. The van der Waals surface area contributed by atoms with Gasteiger partial charge in [0.1, 0.15) is 5.75 Å². The first-order valence-electron chi connectivity index (χ1n) is 10.1. The summed E-state index contributed by atoms with van der Waals surface area (Å²) < 4.78 is 7.21. The van der Waals surface area contributed by atoms with Gasteiger partial charge in [0.15, 0.2) is 0 Å². The lowest BCUT2D eigenvalue weighted by Crippen LogP contribution is -2.42. The molecule has 4 rings (SSSR count). The second-order valence-electron chi connectivity index (χ2n) is 8.74. The van der Waals surface area contributed by atoms with Gasteiger partial charge in [-0.25, -0.2) is 4.68 Å². The zero-order chi connectivity index (χ0) is 20.6. The van der Waals surface area contributed by atoms with Crippen molar-refractivity contribution in [2.45, 2.75) is 45.6 Å². The summed E-state index contributed by atoms with van der Waals surface area (Å²) in [6, 6.07) is 7.71. The van der Waals surface area contributed by atoms with E-state index in [1.54, 1.807) is 12.0 Å². The van der Waals surface area contributed by atoms with Crippen molar-refractivity contribution in [3.63, 3.8) is 0 Å². The number of fused-ring (bicyclic) bond motifs is 1. The molecule has 1 fully saturated rings. The maximum Gasteiger partial charge on any atom is 0.240 e. The summed E-state index contributed by atoms with van der Waals surface area (Å²) >= 11 is 0. The lowest BCUT2D eigenvalue weighted by Gasteiger charge is -2.36. The highest BCUT2D eigenvalue weighted by atomic mass is 16.5. The molecule has 0 spiro atoms. The predicted octanol–water partition coefficient (Wildman–Crippen LogP) is 2.63. The first-order valence-corrected chi connectivity index (χ1v) is 10.1. The number of nitrogens with zero attached hydrogens (tertiary/aromatic N) is 3. The first-order chi connectivity index (χ1) is 13.9. The van der Waals surface area contributed by atoms with Crippen LogP contribution in [0.2, 0.25) is 0 Å². The van der Waals surface area contributed by atoms with Crippen LogP contribution in [0.3, 0.4) is 0 Å². The van der Waals surface area contributed by atoms with Crippen molar-refractivity contribution < 1.29 is 14.3 Å². The minimum absolute atomic E-state index is 0.0265. The van der Waals surface area contributed by atoms with Crippen LogP contribution in [-0.2, 0) is 16.0 Å². The van der Waals surface area contributed by atoms with E-state index in [4.69, 9.17) is 4.74 Å². The van der Waals surface area contributed by atoms with Crippen LogP contribution in [0.15, 0.2) is 30.5 Å². The Morgan fingerprint density at radius 3 is 2.72 bits per heavy atom. The molecule has 0 saturated carbocycles. The smallest absolute Gasteiger partial charge is 0.240 e. The summed E-state index contributed by atoms with van der Waals surface area (Å²) in [6.45, 7) is 5.23. The Balaban J connectivity index is 1.57. The van der Waals surface area contributed by atoms with Crippen molar-refractivity contribution in [3.05, 3.63) is 41.7 Å². The molecule has 0 radical (unpaired) electrons. The number of hydrogen-bond acceptors (Lipinski definition) is 4. The standard InChI is InChI=1S/C22H28N4O3/c1-22(2)11-18(24-20(27)14-25-10-4-5-21(25)28)17-13-23-26(19(17)12-22)15-6-8-16(29-3)9-7-15/h6-9,13,18H,4-5,10-12,14H2,1-3H3,(H,24,27). The van der Waals surface area contributed by atoms with E-state index in [-0.39, 0.29) is 29.8 Å². The molecule has 7 heteroatoms. The lowest BCUT2D eigenvalue weighted by molar-refractivity contribution is -0.133. The number of carbonyl (C=O) groups excluding carboxylic acids is 2. The number of aromatic nitrogens is 2. The van der Waals surface area contributed by atoms with E-state index >= 15 is 0 Å². The van der Waals surface area contributed by atoms with Gasteiger partial charge >= 0.3 is 0 Å². The van der Waals surface area contributed by atoms with Gasteiger partial charge < -0.3 is 15.0 Å². The third-order valence-electron chi connectivity index (χ3n) is 5.84. The molecule has 0 bridgehead atoms. The Morgan fingerprint density at radius 2 is 2.07 bits per heavy atom. The fourth-order valence-electron chi connectivity index (χ4n) is 4.40. The molecule has 1 N–H and O–H groups in total. The maximum absolute atomic E-state index is 12.6. The average molecular weight is 396 g/mol. The number of amides is 2. The number of carbonyl (C=O) groups is 2. The number of rotatable bonds is 5. The minimum atomic E-state index is -0.106. The van der Waals surface area contributed by atoms with E-state index in [1.807, 2.05) is 35.1 Å². The predicted molar refractivity (Wildman–Crippen MR) is 109 cm³/mol. The van der Waals surface area contributed by atoms with Crippen LogP contribution in [0.5, 0.6) is 5.75 Å². The number of methoxy groups -OCH3 is 1. The van der Waals surface area contributed by atoms with Crippen molar-refractivity contribution in [2.75, 3.05) is 20.2 Å². The molecule has 2 aliphatic rings. The van der Waals surface area contributed by atoms with Crippen molar-refractivity contribution >= 4 is 11.8 Å². The Labute approximate surface area is 171 Å². The molecule has 1 aromatic heterocycles. The van der Waals surface area contributed by atoms with E-state index in [2.05, 4.69) is 24.3 Å². The Morgan fingerprint density at radius 1 is 1.31 bits per heavy atom. The molecule has 2 amide bonds. The minimum Gasteiger partial charge on any atom is -0.497 e. The number of hydrogen-bond donors (Lipinski definition) is 1. The number of likely N-dealkylation sites (tertiary alicyclic amines) is 1. The van der Waals surface area contributed by atoms with Gasteiger partial charge in [0.25, 0.3) is 0 Å². The molecular formula is C22H28N4O3. The van der Waals surface area contributed by atoms with Crippen LogP contribution in [-0.4, -0.2) is 46.7 Å². The fraction of sp³-hybridized carbons (Fsp3) is 0.500. The van der Waals surface area contributed by atoms with Gasteiger partial charge in [0.2, 0.25) is 11.8 Å². The van der Waals surface area contributed by atoms with Crippen LogP contribution in [0.25, 0.3) is 5.69 Å². The maximum atomic E-state index is 12.6. The number of ether oxygens (including phenoxy) is 1. The number of nitrogens with one attached hydrogen (secondary N) is 1. The third kappa shape index (κ3) is 3.99. The highest BCUT2D eigenvalue weighted by Gasteiger charge is 2.36. The molecule has 1 aliphatic heterocycles. The normalized spacial score (nSPS) is 20.4. The van der Waals surface area contributed by atoms with E-state index in [9.17, 15) is 9.59 Å². The summed E-state index contributed by atoms with van der Waals surface area (Å²) in [4.78, 5) is 26.1. The van der Waals surface area contributed by atoms with Gasteiger partial charge in [0, 0.05) is 18.5 Å². The van der Waals surface area contributed by atoms with Crippen molar-refractivity contribution in [1.82, 2.24) is 20.0 Å². The summed E-state index contributed by atoms with van der Waals surface area (Å²) in [7, 11) is 1.65. The van der Waals surface area contributed by atoms with E-state index in [0.29, 0.717) is 13.0 Å². The Bertz CT molecular complexity index is 917. The van der Waals surface area contributed by atoms with Gasteiger partial charge in [0.05, 0.1) is 37.3 Å². The SMILES string of the molecule is COc1ccc(-n2ncc3c2CC(C)(C)CC3NC(=O)CN2CCCC2=O)cc1. The Kier molecular flexibility index (Phi) is 5.06. The molecule has 1 atom stereocenters. The largest absolute Gasteiger partial charge is 0.497 e. The average Bonchev–Trinajstić information content (AvgIpc) is 3.27. The highest BCUT2D eigenvalue weighted by Crippen LogP contribution is 2.41. The first kappa shape index (κ1) is 19.5. The van der Waals surface area contributed by atoms with Crippen molar-refractivity contribution in [2.24, 2.45) is 5.41 Å².